The molecule has 1 atom stereocenters. The monoisotopic (exact) mass is 233 g/mol. The number of benzene rings is 1. The largest absolute Gasteiger partial charge is 0.497 e. The van der Waals surface area contributed by atoms with Gasteiger partial charge in [0.25, 0.3) is 0 Å². The average molecular weight is 233 g/mol. The minimum absolute atomic E-state index is 0.319. The summed E-state index contributed by atoms with van der Waals surface area (Å²) in [5, 5.41) is 3.22. The van der Waals surface area contributed by atoms with Crippen LogP contribution in [0, 0.1) is 0 Å². The molecule has 0 spiro atoms. The van der Waals surface area contributed by atoms with Gasteiger partial charge in [-0.2, -0.15) is 0 Å². The van der Waals surface area contributed by atoms with Crippen LogP contribution in [0.3, 0.4) is 0 Å². The Bertz CT molecular complexity index is 468. The van der Waals surface area contributed by atoms with Crippen molar-refractivity contribution in [3.63, 3.8) is 0 Å². The van der Waals surface area contributed by atoms with Crippen LogP contribution in [0.2, 0.25) is 0 Å². The van der Waals surface area contributed by atoms with E-state index < -0.39 is 0 Å². The third kappa shape index (κ3) is 2.16. The molecule has 1 aliphatic heterocycles. The van der Waals surface area contributed by atoms with E-state index in [0.29, 0.717) is 18.7 Å². The maximum Gasteiger partial charge on any atom is 0.205 e. The fourth-order valence-corrected chi connectivity index (χ4v) is 2.14. The lowest BCUT2D eigenvalue weighted by molar-refractivity contribution is -0.136. The molecule has 0 radical (unpaired) electrons. The van der Waals surface area contributed by atoms with Crippen molar-refractivity contribution >= 4 is 17.3 Å². The summed E-state index contributed by atoms with van der Waals surface area (Å²) in [6.07, 6.45) is 0.651. The molecule has 0 saturated heterocycles. The van der Waals surface area contributed by atoms with E-state index in [2.05, 4.69) is 5.32 Å². The number of carbonyl (C=O) groups excluding carboxylic acids is 2. The van der Waals surface area contributed by atoms with Gasteiger partial charge in [-0.1, -0.05) is 0 Å². The first-order valence-electron chi connectivity index (χ1n) is 5.60. The Balaban J connectivity index is 2.41. The zero-order chi connectivity index (χ0) is 12.4. The number of nitrogens with one attached hydrogen (secondary N) is 1. The van der Waals surface area contributed by atoms with E-state index in [-0.39, 0.29) is 17.5 Å². The van der Waals surface area contributed by atoms with Gasteiger partial charge in [0.05, 0.1) is 13.0 Å². The summed E-state index contributed by atoms with van der Waals surface area (Å²) >= 11 is 0. The van der Waals surface area contributed by atoms with E-state index in [9.17, 15) is 9.59 Å². The van der Waals surface area contributed by atoms with Gasteiger partial charge in [-0.15, -0.1) is 0 Å². The Hall–Kier alpha value is -1.84. The van der Waals surface area contributed by atoms with Gasteiger partial charge >= 0.3 is 0 Å². The van der Waals surface area contributed by atoms with E-state index in [4.69, 9.17) is 4.74 Å². The predicted molar refractivity (Wildman–Crippen MR) is 64.5 cm³/mol. The topological polar surface area (TPSA) is 55.4 Å². The number of Topliss-reactive ketones (excluding diaryl/α,β-unsaturated/α-hetero) is 2. The first-order chi connectivity index (χ1) is 8.13. The number of carbonyl (C=O) groups is 2. The van der Waals surface area contributed by atoms with Crippen LogP contribution in [0.5, 0.6) is 5.75 Å². The highest BCUT2D eigenvalue weighted by atomic mass is 16.5. The Morgan fingerprint density at radius 1 is 1.41 bits per heavy atom. The molecule has 4 nitrogen and oxygen atoms in total. The number of ketones is 2. The zero-order valence-electron chi connectivity index (χ0n) is 9.95. The summed E-state index contributed by atoms with van der Waals surface area (Å²) in [5.41, 5.74) is 1.77. The van der Waals surface area contributed by atoms with Gasteiger partial charge < -0.3 is 10.1 Å². The summed E-state index contributed by atoms with van der Waals surface area (Å²) in [5.74, 6) is -0.334. The molecule has 90 valence electrons. The highest BCUT2D eigenvalue weighted by Crippen LogP contribution is 2.34. The number of anilines is 1. The average Bonchev–Trinajstić information content (AvgIpc) is 2.36. The minimum atomic E-state index is -0.384. The lowest BCUT2D eigenvalue weighted by Crippen LogP contribution is -2.26. The van der Waals surface area contributed by atoms with Crippen LogP contribution in [0.1, 0.15) is 24.8 Å². The molecule has 17 heavy (non-hydrogen) atoms. The molecule has 0 fully saturated rings. The summed E-state index contributed by atoms with van der Waals surface area (Å²) in [6, 6.07) is 5.55. The summed E-state index contributed by atoms with van der Waals surface area (Å²) in [7, 11) is 1.58. The van der Waals surface area contributed by atoms with Crippen molar-refractivity contribution in [2.24, 2.45) is 0 Å². The number of ether oxygens (including phenoxy) is 1. The highest BCUT2D eigenvalue weighted by Gasteiger charge is 2.29. The molecule has 1 N–H and O–H groups in total. The third-order valence-electron chi connectivity index (χ3n) is 3.05. The number of hydrogen-bond acceptors (Lipinski definition) is 4. The molecule has 4 heteroatoms. The Morgan fingerprint density at radius 3 is 2.82 bits per heavy atom. The maximum atomic E-state index is 11.8. The Kier molecular flexibility index (Phi) is 3.13. The van der Waals surface area contributed by atoms with Crippen molar-refractivity contribution in [1.29, 1.82) is 0 Å². The molecule has 0 bridgehead atoms. The van der Waals surface area contributed by atoms with Gasteiger partial charge in [-0.3, -0.25) is 9.59 Å². The van der Waals surface area contributed by atoms with Crippen LogP contribution in [0.15, 0.2) is 18.2 Å². The molecule has 1 aliphatic rings. The first-order valence-corrected chi connectivity index (χ1v) is 5.60. The lowest BCUT2D eigenvalue weighted by Gasteiger charge is -2.25. The lowest BCUT2D eigenvalue weighted by atomic mass is 9.86. The number of hydrogen-bond donors (Lipinski definition) is 1. The van der Waals surface area contributed by atoms with E-state index in [1.165, 1.54) is 6.92 Å². The first kappa shape index (κ1) is 11.6. The van der Waals surface area contributed by atoms with Gasteiger partial charge in [0.15, 0.2) is 5.78 Å². The van der Waals surface area contributed by atoms with Crippen LogP contribution in [0.4, 0.5) is 5.69 Å². The van der Waals surface area contributed by atoms with Crippen molar-refractivity contribution in [1.82, 2.24) is 0 Å². The van der Waals surface area contributed by atoms with Crippen LogP contribution in [-0.2, 0) is 9.59 Å². The van der Waals surface area contributed by atoms with Gasteiger partial charge in [-0.05, 0) is 30.2 Å². The summed E-state index contributed by atoms with van der Waals surface area (Å²) in [4.78, 5) is 23.0. The molecular formula is C13H15NO3. The zero-order valence-corrected chi connectivity index (χ0v) is 9.95. The fourth-order valence-electron chi connectivity index (χ4n) is 2.14. The van der Waals surface area contributed by atoms with Gasteiger partial charge in [0, 0.05) is 19.2 Å². The van der Waals surface area contributed by atoms with Crippen LogP contribution in [0.25, 0.3) is 0 Å². The maximum absolute atomic E-state index is 11.8. The summed E-state index contributed by atoms with van der Waals surface area (Å²) in [6.45, 7) is 2.03. The van der Waals surface area contributed by atoms with E-state index in [0.717, 1.165) is 11.3 Å². The third-order valence-corrected chi connectivity index (χ3v) is 3.05. The second-order valence-electron chi connectivity index (χ2n) is 4.14. The van der Waals surface area contributed by atoms with Crippen molar-refractivity contribution in [2.75, 3.05) is 19.0 Å². The SMILES string of the molecule is COc1ccc2c(c1)C(C(=O)C(C)=O)CCN2. The molecule has 1 heterocycles. The quantitative estimate of drug-likeness (QED) is 0.808. The standard InChI is InChI=1S/C13H15NO3/c1-8(15)13(16)10-5-6-14-12-4-3-9(17-2)7-11(10)12/h3-4,7,10,14H,5-6H2,1-2H3. The predicted octanol–water partition coefficient (Wildman–Crippen LogP) is 1.75. The number of methoxy groups -OCH3 is 1. The number of fused-ring (bicyclic) bond motifs is 1. The van der Waals surface area contributed by atoms with Gasteiger partial charge in [0.2, 0.25) is 5.78 Å². The molecule has 1 aromatic carbocycles. The summed E-state index contributed by atoms with van der Waals surface area (Å²) < 4.78 is 5.14. The normalized spacial score (nSPS) is 17.9. The Morgan fingerprint density at radius 2 is 2.18 bits per heavy atom. The molecular weight excluding hydrogens is 218 g/mol. The molecule has 1 unspecified atom stereocenters. The van der Waals surface area contributed by atoms with Gasteiger partial charge in [0.1, 0.15) is 5.75 Å². The second-order valence-corrected chi connectivity index (χ2v) is 4.14. The highest BCUT2D eigenvalue weighted by molar-refractivity contribution is 6.38. The van der Waals surface area contributed by atoms with Crippen LogP contribution >= 0.6 is 0 Å². The minimum Gasteiger partial charge on any atom is -0.497 e. The van der Waals surface area contributed by atoms with Crippen molar-refractivity contribution < 1.29 is 14.3 Å². The molecule has 2 rings (SSSR count). The molecule has 0 aliphatic carbocycles. The van der Waals surface area contributed by atoms with Crippen LogP contribution in [-0.4, -0.2) is 25.2 Å². The molecule has 1 aromatic rings. The smallest absolute Gasteiger partial charge is 0.205 e. The Labute approximate surface area is 100.0 Å². The van der Waals surface area contributed by atoms with Crippen molar-refractivity contribution in [2.45, 2.75) is 19.3 Å². The van der Waals surface area contributed by atoms with Crippen molar-refractivity contribution in [3.05, 3.63) is 23.8 Å². The van der Waals surface area contributed by atoms with E-state index >= 15 is 0 Å². The van der Waals surface area contributed by atoms with Crippen LogP contribution < -0.4 is 10.1 Å². The second kappa shape index (κ2) is 4.57. The molecule has 0 amide bonds. The fraction of sp³-hybridized carbons (Fsp3) is 0.385. The van der Waals surface area contributed by atoms with E-state index in [1.807, 2.05) is 18.2 Å². The molecule has 0 saturated carbocycles. The molecule has 0 aromatic heterocycles. The number of rotatable bonds is 3. The van der Waals surface area contributed by atoms with Crippen molar-refractivity contribution in [3.8, 4) is 5.75 Å². The van der Waals surface area contributed by atoms with E-state index in [1.54, 1.807) is 7.11 Å². The van der Waals surface area contributed by atoms with Gasteiger partial charge in [-0.25, -0.2) is 0 Å².